The van der Waals surface area contributed by atoms with Crippen LogP contribution in [0.25, 0.3) is 54.2 Å². The van der Waals surface area contributed by atoms with E-state index in [2.05, 4.69) is 9.58 Å². The molecule has 0 radical (unpaired) electrons. The number of methoxy groups -OCH3 is 2. The Hall–Kier alpha value is -7.26. The zero-order valence-corrected chi connectivity index (χ0v) is 55.9. The number of rotatable bonds is 15. The minimum Gasteiger partial charge on any atom is -0.506 e. The minimum absolute atomic E-state index is 0.351. The van der Waals surface area contributed by atoms with Gasteiger partial charge in [0.1, 0.15) is 69.4 Å². The van der Waals surface area contributed by atoms with Crippen molar-refractivity contribution in [3.05, 3.63) is 109 Å². The Labute approximate surface area is 558 Å². The number of hydrogen-bond donors (Lipinski definition) is 8. The summed E-state index contributed by atoms with van der Waals surface area (Å²) in [4.78, 5) is 103. The van der Waals surface area contributed by atoms with E-state index in [0.717, 1.165) is 24.3 Å². The lowest BCUT2D eigenvalue weighted by atomic mass is 9.55. The number of ether oxygens (including phenoxy) is 10. The Kier molecular flexibility index (Phi) is 18.8. The number of aliphatic hydroxyl groups is 4. The molecule has 30 nitrogen and oxygen atoms in total. The molecule has 0 bridgehead atoms. The second-order valence-corrected chi connectivity index (χ2v) is 27.2. The second-order valence-electron chi connectivity index (χ2n) is 27.2. The van der Waals surface area contributed by atoms with E-state index < -0.39 is 279 Å². The number of fused-ring (bicyclic) bond motifs is 8. The molecule has 4 unspecified atom stereocenters. The summed E-state index contributed by atoms with van der Waals surface area (Å²) in [5, 5.41) is 90.9. The van der Waals surface area contributed by atoms with Crippen molar-refractivity contribution >= 4 is 54.7 Å². The quantitative estimate of drug-likeness (QED) is 0.0407. The molecule has 4 heterocycles. The summed E-state index contributed by atoms with van der Waals surface area (Å²) in [6.07, 6.45) is -24.5. The Morgan fingerprint density at radius 1 is 0.480 bits per heavy atom. The van der Waals surface area contributed by atoms with Crippen LogP contribution in [-0.4, -0.2) is 224 Å². The number of carbonyl (C=O) groups excluding carboxylic acids is 2. The number of hydrogen-bond acceptors (Lipinski definition) is 26. The first-order valence-corrected chi connectivity index (χ1v) is 32.6. The van der Waals surface area contributed by atoms with Crippen LogP contribution in [0.1, 0.15) is 124 Å². The molecule has 12 rings (SSSR count). The molecule has 22 atom stereocenters. The van der Waals surface area contributed by atoms with Crippen LogP contribution in [0.15, 0.2) is 43.4 Å². The van der Waals surface area contributed by atoms with Gasteiger partial charge in [-0.15, -0.1) is 0 Å². The highest BCUT2D eigenvalue weighted by molar-refractivity contribution is 6.25. The Balaban J connectivity index is 1.27. The van der Waals surface area contributed by atoms with E-state index in [0.29, 0.717) is 0 Å². The lowest BCUT2D eigenvalue weighted by molar-refractivity contribution is -0.352. The van der Waals surface area contributed by atoms with Crippen LogP contribution in [0, 0.1) is 11.8 Å². The SMILES string of the molecule is CC[C@@]1(O[C@H]2C[C@@H](OC)[C@@H](O)C(C)O2)[C@H](O[C@@H]2CC(O)[C@@H](N(C)C)[C@H](C)O2)c2c(c3c(O)c4c(=O)ccc(=O)c4c(O)c3c2=[N+]=[N-])C(=O)[C@@H]1[C@H]1C(=O)c2c(c(=[N+]=[N-])c3c(O)c4c(=O)ccc(=O)c4c(O)c23)[C@@H](O[C@@H]2C[C@@H](O)[C@@H](N(C)C)C(C)O2)[C@@]1(CC)O[C@H]1CC(OC)[C@@H](O)[C@@H](C)O1. The van der Waals surface area contributed by atoms with Crippen LogP contribution in [0.3, 0.4) is 0 Å². The van der Waals surface area contributed by atoms with Gasteiger partial charge in [-0.05, 0) is 93.0 Å². The molecule has 0 saturated carbocycles. The van der Waals surface area contributed by atoms with Crippen molar-refractivity contribution in [1.82, 2.24) is 9.80 Å². The van der Waals surface area contributed by atoms with Crippen LogP contribution in [0.4, 0.5) is 0 Å². The van der Waals surface area contributed by atoms with Gasteiger partial charge in [0.05, 0.1) is 105 Å². The van der Waals surface area contributed by atoms with Gasteiger partial charge in [-0.2, -0.15) is 9.58 Å². The fourth-order valence-corrected chi connectivity index (χ4v) is 17.2. The third kappa shape index (κ3) is 10.5. The van der Waals surface area contributed by atoms with E-state index in [4.69, 9.17) is 47.4 Å². The summed E-state index contributed by atoms with van der Waals surface area (Å²) in [5.74, 6) is -11.6. The Morgan fingerprint density at radius 3 is 1.06 bits per heavy atom. The predicted octanol–water partition coefficient (Wildman–Crippen LogP) is 1.22. The molecule has 2 aliphatic carbocycles. The molecule has 0 aromatic heterocycles. The van der Waals surface area contributed by atoms with Gasteiger partial charge in [0, 0.05) is 61.8 Å². The monoisotopic (exact) mass is 1360 g/mol. The number of aromatic hydroxyl groups is 4. The van der Waals surface area contributed by atoms with Crippen molar-refractivity contribution in [2.24, 2.45) is 11.8 Å². The molecule has 6 aromatic rings. The van der Waals surface area contributed by atoms with Gasteiger partial charge in [0.15, 0.2) is 58.4 Å². The van der Waals surface area contributed by atoms with Crippen molar-refractivity contribution in [3.63, 3.8) is 0 Å². The van der Waals surface area contributed by atoms with E-state index in [1.165, 1.54) is 41.9 Å². The molecular weight excluding hydrogens is 1280 g/mol. The van der Waals surface area contributed by atoms with E-state index in [-0.39, 0.29) is 25.7 Å². The standard InChI is InChI=1S/C68H80N6O24/c1-13-67(97-37-21-33(89-11)57(81)25(5)93-37)51(63(87)45-43-47(61(85)41-29(77)17-15-27(75)39(41)59(43)83)53(71-69)49(45)65(67)95-35-19-31(79)55(73(7)8)23(3)91-35)52-64(88)46-44-48(62(86)42-30(78)18-16-28(76)40(42)60(44)84)54(72-70)50(46)66(96-36-20-32(80)56(74(9)10)24(4)92-36)68(52,14-2)98-38-22-34(90-12)58(82)26(6)94-38/h15-18,23-26,31-38,51-52,55-58,65-66,79-86H,13-14,19-22H2,1-12H3/t23-,24?,25?,26+,31?,32+,33+,34?,35+,36+,37-,38-,51-,52-,55-,56-,57-,58-,65+,66+,67-,68-/m0/s1. The number of carbonyl (C=O) groups is 2. The highest BCUT2D eigenvalue weighted by Crippen LogP contribution is 2.63. The van der Waals surface area contributed by atoms with Gasteiger partial charge in [-0.1, -0.05) is 13.8 Å². The molecule has 4 fully saturated rings. The fraction of sp³-hybridized carbons (Fsp3) is 0.588. The zero-order chi connectivity index (χ0) is 71.1. The summed E-state index contributed by atoms with van der Waals surface area (Å²) in [5.41, 5.74) is 11.4. The normalized spacial score (nSPS) is 35.4. The van der Waals surface area contributed by atoms with Crippen molar-refractivity contribution < 1.29 is 107 Å². The molecule has 0 amide bonds. The van der Waals surface area contributed by atoms with E-state index in [1.807, 2.05) is 0 Å². The first-order valence-electron chi connectivity index (χ1n) is 32.6. The minimum atomic E-state index is -2.67. The molecule has 4 saturated heterocycles. The summed E-state index contributed by atoms with van der Waals surface area (Å²) < 4.78 is 67.5. The molecule has 4 aliphatic heterocycles. The second kappa shape index (κ2) is 26.0. The highest BCUT2D eigenvalue weighted by atomic mass is 16.7. The number of Topliss-reactive ketones (excluding diaryl/α,β-unsaturated/α-hetero) is 2. The van der Waals surface area contributed by atoms with E-state index >= 15 is 9.59 Å². The van der Waals surface area contributed by atoms with Crippen LogP contribution in [-0.2, 0) is 47.4 Å². The molecule has 526 valence electrons. The molecule has 98 heavy (non-hydrogen) atoms. The van der Waals surface area contributed by atoms with Crippen LogP contribution in [0.2, 0.25) is 0 Å². The maximum absolute atomic E-state index is 17.9. The third-order valence-corrected chi connectivity index (χ3v) is 21.6. The van der Waals surface area contributed by atoms with Gasteiger partial charge in [-0.3, -0.25) is 28.8 Å². The number of phenolic OH excluding ortho intramolecular Hbond substituents is 4. The average molecular weight is 1370 g/mol. The largest absolute Gasteiger partial charge is 0.506 e. The van der Waals surface area contributed by atoms with Crippen molar-refractivity contribution in [3.8, 4) is 23.0 Å². The number of likely N-dealkylation sites (N-methyl/N-ethyl adjacent to an activating group) is 2. The van der Waals surface area contributed by atoms with Gasteiger partial charge in [-0.25, -0.2) is 0 Å². The summed E-state index contributed by atoms with van der Waals surface area (Å²) in [7, 11) is 9.47. The Bertz CT molecular complexity index is 4300. The lowest BCUT2D eigenvalue weighted by Gasteiger charge is -2.58. The maximum Gasteiger partial charge on any atom is 0.333 e. The smallest absolute Gasteiger partial charge is 0.333 e. The number of nitrogens with zero attached hydrogens (tertiary/aromatic N) is 6. The van der Waals surface area contributed by atoms with Crippen LogP contribution < -0.4 is 32.4 Å². The van der Waals surface area contributed by atoms with Crippen molar-refractivity contribution in [2.75, 3.05) is 42.4 Å². The summed E-state index contributed by atoms with van der Waals surface area (Å²) >= 11 is 0. The Morgan fingerprint density at radius 2 is 0.786 bits per heavy atom. The maximum atomic E-state index is 17.9. The van der Waals surface area contributed by atoms with Crippen molar-refractivity contribution in [1.29, 1.82) is 0 Å². The number of aliphatic hydroxyl groups excluding tert-OH is 4. The molecular formula is C68H80N6O24. The van der Waals surface area contributed by atoms with Gasteiger partial charge in [0.25, 0.3) is 0 Å². The number of phenols is 4. The molecule has 6 aliphatic rings. The van der Waals surface area contributed by atoms with Gasteiger partial charge >= 0.3 is 10.7 Å². The first kappa shape index (κ1) is 70.6. The summed E-state index contributed by atoms with van der Waals surface area (Å²) in [6, 6.07) is 1.96. The highest BCUT2D eigenvalue weighted by Gasteiger charge is 2.71. The molecule has 8 N–H and O–H groups in total. The number of ketones is 2. The number of benzene rings is 4. The zero-order valence-electron chi connectivity index (χ0n) is 55.9. The van der Waals surface area contributed by atoms with E-state index in [1.54, 1.807) is 51.8 Å². The third-order valence-electron chi connectivity index (χ3n) is 21.6. The molecule has 0 spiro atoms. The van der Waals surface area contributed by atoms with Gasteiger partial charge in [0.2, 0.25) is 0 Å². The van der Waals surface area contributed by atoms with Crippen LogP contribution >= 0.6 is 0 Å². The molecule has 30 heteroatoms. The summed E-state index contributed by atoms with van der Waals surface area (Å²) in [6.45, 7) is 9.33. The first-order chi connectivity index (χ1) is 46.4. The fourth-order valence-electron chi connectivity index (χ4n) is 17.2. The van der Waals surface area contributed by atoms with E-state index in [9.17, 15) is 71.1 Å². The lowest BCUT2D eigenvalue weighted by Crippen LogP contribution is -2.68. The van der Waals surface area contributed by atoms with Gasteiger partial charge < -0.3 is 109 Å². The average Bonchev–Trinajstić information content (AvgIpc) is 1.66. The topological polar surface area (TPSA) is 436 Å². The molecule has 6 aromatic carbocycles. The van der Waals surface area contributed by atoms with Crippen LogP contribution in [0.5, 0.6) is 23.0 Å². The predicted molar refractivity (Wildman–Crippen MR) is 341 cm³/mol. The van der Waals surface area contributed by atoms with Crippen molar-refractivity contribution in [2.45, 2.75) is 202 Å².